The van der Waals surface area contributed by atoms with E-state index in [1.807, 2.05) is 109 Å². The molecule has 0 amide bonds. The summed E-state index contributed by atoms with van der Waals surface area (Å²) < 4.78 is 6.14. The van der Waals surface area contributed by atoms with E-state index in [0.717, 1.165) is 44.7 Å². The molecule has 0 spiro atoms. The van der Waals surface area contributed by atoms with Crippen LogP contribution in [0.3, 0.4) is 0 Å². The average molecular weight is 423 g/mol. The van der Waals surface area contributed by atoms with Crippen LogP contribution in [0, 0.1) is 0 Å². The molecule has 4 aromatic carbocycles. The SMILES string of the molecule is Clc1ccc(-c2cc(=Nc3ccc(Nc4ccccc4)cc3)c3ccccc3o2)cc1. The number of para-hydroxylation sites is 2. The van der Waals surface area contributed by atoms with Crippen LogP contribution in [0.4, 0.5) is 17.1 Å². The van der Waals surface area contributed by atoms with E-state index in [0.29, 0.717) is 5.02 Å². The topological polar surface area (TPSA) is 37.5 Å². The fourth-order valence-corrected chi connectivity index (χ4v) is 3.54. The molecule has 0 fully saturated rings. The second kappa shape index (κ2) is 8.50. The first-order chi connectivity index (χ1) is 15.2. The zero-order valence-electron chi connectivity index (χ0n) is 16.6. The molecule has 0 bridgehead atoms. The Morgan fingerprint density at radius 3 is 2.13 bits per heavy atom. The first-order valence-corrected chi connectivity index (χ1v) is 10.4. The second-order valence-corrected chi connectivity index (χ2v) is 7.59. The van der Waals surface area contributed by atoms with E-state index in [1.165, 1.54) is 0 Å². The van der Waals surface area contributed by atoms with Crippen molar-refractivity contribution >= 4 is 39.6 Å². The minimum absolute atomic E-state index is 0.693. The van der Waals surface area contributed by atoms with Crippen LogP contribution in [-0.2, 0) is 0 Å². The predicted molar refractivity (Wildman–Crippen MR) is 128 cm³/mol. The maximum absolute atomic E-state index is 6.14. The highest BCUT2D eigenvalue weighted by Crippen LogP contribution is 2.25. The zero-order valence-corrected chi connectivity index (χ0v) is 17.4. The Labute approximate surface area is 185 Å². The third-order valence-electron chi connectivity index (χ3n) is 4.96. The summed E-state index contributed by atoms with van der Waals surface area (Å²) in [7, 11) is 0. The fraction of sp³-hybridized carbons (Fsp3) is 0. The lowest BCUT2D eigenvalue weighted by molar-refractivity contribution is 0.618. The molecule has 0 atom stereocenters. The van der Waals surface area contributed by atoms with Gasteiger partial charge in [-0.25, -0.2) is 4.99 Å². The van der Waals surface area contributed by atoms with Crippen molar-refractivity contribution in [3.8, 4) is 11.3 Å². The molecule has 0 saturated heterocycles. The summed E-state index contributed by atoms with van der Waals surface area (Å²) in [6, 6.07) is 35.7. The smallest absolute Gasteiger partial charge is 0.136 e. The summed E-state index contributed by atoms with van der Waals surface area (Å²) >= 11 is 6.04. The molecule has 0 aliphatic rings. The highest BCUT2D eigenvalue weighted by atomic mass is 35.5. The minimum Gasteiger partial charge on any atom is -0.456 e. The predicted octanol–water partition coefficient (Wildman–Crippen LogP) is 7.73. The number of fused-ring (bicyclic) bond motifs is 1. The highest BCUT2D eigenvalue weighted by Gasteiger charge is 2.06. The van der Waals surface area contributed by atoms with Gasteiger partial charge in [0.05, 0.1) is 11.0 Å². The number of nitrogens with one attached hydrogen (secondary N) is 1. The zero-order chi connectivity index (χ0) is 21.0. The maximum Gasteiger partial charge on any atom is 0.136 e. The fourth-order valence-electron chi connectivity index (χ4n) is 3.41. The summed E-state index contributed by atoms with van der Waals surface area (Å²) in [6.07, 6.45) is 0. The van der Waals surface area contributed by atoms with E-state index < -0.39 is 0 Å². The van der Waals surface area contributed by atoms with Gasteiger partial charge in [0.2, 0.25) is 0 Å². The molecule has 5 rings (SSSR count). The van der Waals surface area contributed by atoms with Crippen LogP contribution in [0.1, 0.15) is 0 Å². The van der Waals surface area contributed by atoms with E-state index in [-0.39, 0.29) is 0 Å². The number of hydrogen-bond acceptors (Lipinski definition) is 3. The number of hydrogen-bond donors (Lipinski definition) is 1. The largest absolute Gasteiger partial charge is 0.456 e. The average Bonchev–Trinajstić information content (AvgIpc) is 2.81. The van der Waals surface area contributed by atoms with E-state index in [2.05, 4.69) is 5.32 Å². The molecule has 5 aromatic rings. The van der Waals surface area contributed by atoms with Crippen molar-refractivity contribution in [3.05, 3.63) is 120 Å². The van der Waals surface area contributed by atoms with Gasteiger partial charge in [-0.05, 0) is 72.8 Å². The van der Waals surface area contributed by atoms with Gasteiger partial charge in [0.25, 0.3) is 0 Å². The molecule has 4 heteroatoms. The Morgan fingerprint density at radius 2 is 1.35 bits per heavy atom. The lowest BCUT2D eigenvalue weighted by Gasteiger charge is -2.07. The van der Waals surface area contributed by atoms with Crippen molar-refractivity contribution in [1.29, 1.82) is 0 Å². The monoisotopic (exact) mass is 422 g/mol. The summed E-state index contributed by atoms with van der Waals surface area (Å²) in [5.74, 6) is 0.747. The normalized spacial score (nSPS) is 11.6. The summed E-state index contributed by atoms with van der Waals surface area (Å²) in [4.78, 5) is 4.91. The molecular formula is C27H19ClN2O. The summed E-state index contributed by atoms with van der Waals surface area (Å²) in [5, 5.41) is 5.91. The molecule has 0 radical (unpaired) electrons. The molecule has 0 aliphatic carbocycles. The Hall–Kier alpha value is -3.82. The van der Waals surface area contributed by atoms with Gasteiger partial charge in [0, 0.05) is 33.4 Å². The lowest BCUT2D eigenvalue weighted by atomic mass is 10.1. The Bertz CT molecular complexity index is 1390. The third-order valence-corrected chi connectivity index (χ3v) is 5.21. The molecule has 1 heterocycles. The van der Waals surface area contributed by atoms with Gasteiger partial charge >= 0.3 is 0 Å². The van der Waals surface area contributed by atoms with Gasteiger partial charge in [-0.2, -0.15) is 0 Å². The van der Waals surface area contributed by atoms with Gasteiger partial charge in [-0.15, -0.1) is 0 Å². The van der Waals surface area contributed by atoms with Crippen molar-refractivity contribution in [1.82, 2.24) is 0 Å². The van der Waals surface area contributed by atoms with Crippen LogP contribution < -0.4 is 10.7 Å². The molecule has 0 saturated carbocycles. The van der Waals surface area contributed by atoms with E-state index in [4.69, 9.17) is 21.0 Å². The molecule has 0 unspecified atom stereocenters. The van der Waals surface area contributed by atoms with Gasteiger partial charge in [-0.3, -0.25) is 0 Å². The number of anilines is 2. The van der Waals surface area contributed by atoms with Gasteiger partial charge in [0.15, 0.2) is 0 Å². The minimum atomic E-state index is 0.693. The first-order valence-electron chi connectivity index (χ1n) is 10.0. The molecular weight excluding hydrogens is 404 g/mol. The Kier molecular flexibility index (Phi) is 5.26. The van der Waals surface area contributed by atoms with Crippen molar-refractivity contribution in [3.63, 3.8) is 0 Å². The molecule has 31 heavy (non-hydrogen) atoms. The van der Waals surface area contributed by atoms with Crippen molar-refractivity contribution in [2.24, 2.45) is 4.99 Å². The number of nitrogens with zero attached hydrogens (tertiary/aromatic N) is 1. The molecule has 3 nitrogen and oxygen atoms in total. The third kappa shape index (κ3) is 4.37. The number of halogens is 1. The van der Waals surface area contributed by atoms with Crippen LogP contribution in [0.2, 0.25) is 5.02 Å². The maximum atomic E-state index is 6.14. The van der Waals surface area contributed by atoms with Gasteiger partial charge < -0.3 is 9.73 Å². The van der Waals surface area contributed by atoms with E-state index in [9.17, 15) is 0 Å². The van der Waals surface area contributed by atoms with Crippen LogP contribution in [0.15, 0.2) is 119 Å². The van der Waals surface area contributed by atoms with Crippen molar-refractivity contribution in [2.75, 3.05) is 5.32 Å². The molecule has 150 valence electrons. The quantitative estimate of drug-likeness (QED) is 0.321. The highest BCUT2D eigenvalue weighted by molar-refractivity contribution is 6.30. The van der Waals surface area contributed by atoms with Crippen LogP contribution in [-0.4, -0.2) is 0 Å². The van der Waals surface area contributed by atoms with Crippen LogP contribution >= 0.6 is 11.6 Å². The summed E-state index contributed by atoms with van der Waals surface area (Å²) in [6.45, 7) is 0. The van der Waals surface area contributed by atoms with E-state index in [1.54, 1.807) is 0 Å². The number of rotatable bonds is 4. The van der Waals surface area contributed by atoms with Crippen LogP contribution in [0.5, 0.6) is 0 Å². The van der Waals surface area contributed by atoms with Crippen LogP contribution in [0.25, 0.3) is 22.3 Å². The molecule has 0 aliphatic heterocycles. The molecule has 1 aromatic heterocycles. The number of benzene rings is 4. The van der Waals surface area contributed by atoms with Crippen molar-refractivity contribution in [2.45, 2.75) is 0 Å². The van der Waals surface area contributed by atoms with E-state index >= 15 is 0 Å². The standard InChI is InChI=1S/C27H19ClN2O/c28-20-12-10-19(11-13-20)27-18-25(24-8-4-5-9-26(24)31-27)30-23-16-14-22(15-17-23)29-21-6-2-1-3-7-21/h1-18,29H. The summed E-state index contributed by atoms with van der Waals surface area (Å²) in [5.41, 5.74) is 4.68. The van der Waals surface area contributed by atoms with Gasteiger partial charge in [0.1, 0.15) is 11.3 Å². The second-order valence-electron chi connectivity index (χ2n) is 7.15. The van der Waals surface area contributed by atoms with Crippen molar-refractivity contribution < 1.29 is 4.42 Å². The Morgan fingerprint density at radius 1 is 0.677 bits per heavy atom. The first kappa shape index (κ1) is 19.2. The molecule has 1 N–H and O–H groups in total. The Balaban J connectivity index is 1.54. The lowest BCUT2D eigenvalue weighted by Crippen LogP contribution is -2.03. The van der Waals surface area contributed by atoms with Gasteiger partial charge in [-0.1, -0.05) is 41.9 Å².